The fourth-order valence-corrected chi connectivity index (χ4v) is 3.34. The fourth-order valence-electron chi connectivity index (χ4n) is 3.34. The number of nitrogens with zero attached hydrogens (tertiary/aromatic N) is 1. The molecule has 0 radical (unpaired) electrons. The van der Waals surface area contributed by atoms with Gasteiger partial charge in [-0.05, 0) is 11.6 Å². The molecule has 0 saturated heterocycles. The van der Waals surface area contributed by atoms with Crippen LogP contribution in [0.25, 0.3) is 11.3 Å². The van der Waals surface area contributed by atoms with Crippen molar-refractivity contribution in [2.75, 3.05) is 7.11 Å². The molecule has 1 aliphatic heterocycles. The van der Waals surface area contributed by atoms with E-state index in [0.717, 1.165) is 16.7 Å². The van der Waals surface area contributed by atoms with Gasteiger partial charge in [-0.3, -0.25) is 10.1 Å². The highest BCUT2D eigenvalue weighted by molar-refractivity contribution is 5.93. The molecule has 1 heterocycles. The summed E-state index contributed by atoms with van der Waals surface area (Å²) >= 11 is 0. The van der Waals surface area contributed by atoms with Gasteiger partial charge in [0.15, 0.2) is 0 Å². The van der Waals surface area contributed by atoms with E-state index in [2.05, 4.69) is 0 Å². The zero-order valence-electron chi connectivity index (χ0n) is 14.7. The minimum atomic E-state index is -0.480. The Morgan fingerprint density at radius 2 is 1.56 bits per heavy atom. The minimum absolute atomic E-state index is 0.00923. The van der Waals surface area contributed by atoms with Crippen molar-refractivity contribution in [3.05, 3.63) is 106 Å². The zero-order valence-corrected chi connectivity index (χ0v) is 14.7. The lowest BCUT2D eigenvalue weighted by Crippen LogP contribution is -2.16. The Morgan fingerprint density at radius 1 is 0.926 bits per heavy atom. The average Bonchev–Trinajstić information content (AvgIpc) is 2.73. The number of methoxy groups -OCH3 is 1. The van der Waals surface area contributed by atoms with Crippen molar-refractivity contribution in [3.8, 4) is 5.75 Å². The normalized spacial score (nSPS) is 15.8. The summed E-state index contributed by atoms with van der Waals surface area (Å²) in [7, 11) is 1.60. The number of nitro benzene ring substituents is 1. The third kappa shape index (κ3) is 3.09. The molecule has 27 heavy (non-hydrogen) atoms. The maximum Gasteiger partial charge on any atom is 0.270 e. The largest absolute Gasteiger partial charge is 0.456 e. The van der Waals surface area contributed by atoms with E-state index in [4.69, 9.17) is 9.47 Å². The maximum atomic E-state index is 11.2. The lowest BCUT2D eigenvalue weighted by atomic mass is 9.89. The van der Waals surface area contributed by atoms with Crippen molar-refractivity contribution in [2.45, 2.75) is 6.10 Å². The second-order valence-electron chi connectivity index (χ2n) is 6.17. The number of non-ortho nitro benzene ring substituents is 1. The van der Waals surface area contributed by atoms with Crippen LogP contribution in [0.15, 0.2) is 78.9 Å². The van der Waals surface area contributed by atoms with Crippen LogP contribution in [-0.4, -0.2) is 12.0 Å². The van der Waals surface area contributed by atoms with Crippen LogP contribution >= 0.6 is 0 Å². The third-order valence-corrected chi connectivity index (χ3v) is 4.56. The van der Waals surface area contributed by atoms with Gasteiger partial charge in [0.05, 0.1) is 4.92 Å². The molecule has 5 heteroatoms. The van der Waals surface area contributed by atoms with Crippen LogP contribution in [0.2, 0.25) is 0 Å². The van der Waals surface area contributed by atoms with Crippen LogP contribution in [0, 0.1) is 10.1 Å². The van der Waals surface area contributed by atoms with Crippen molar-refractivity contribution in [2.24, 2.45) is 0 Å². The van der Waals surface area contributed by atoms with E-state index in [1.807, 2.05) is 60.7 Å². The van der Waals surface area contributed by atoms with Gasteiger partial charge < -0.3 is 9.47 Å². The van der Waals surface area contributed by atoms with Gasteiger partial charge >= 0.3 is 0 Å². The summed E-state index contributed by atoms with van der Waals surface area (Å²) in [5.41, 5.74) is 3.36. The number of ether oxygens (including phenoxy) is 2. The molecule has 1 unspecified atom stereocenters. The first kappa shape index (κ1) is 17.0. The molecule has 0 amide bonds. The van der Waals surface area contributed by atoms with Gasteiger partial charge in [0.2, 0.25) is 0 Å². The fraction of sp³-hybridized carbons (Fsp3) is 0.0909. The van der Waals surface area contributed by atoms with Crippen LogP contribution in [0.5, 0.6) is 5.75 Å². The summed E-state index contributed by atoms with van der Waals surface area (Å²) < 4.78 is 12.0. The molecule has 0 fully saturated rings. The highest BCUT2D eigenvalue weighted by Gasteiger charge is 2.32. The van der Waals surface area contributed by atoms with Gasteiger partial charge in [-0.1, -0.05) is 60.7 Å². The van der Waals surface area contributed by atoms with Gasteiger partial charge in [0.1, 0.15) is 17.6 Å². The Bertz CT molecular complexity index is 1010. The summed E-state index contributed by atoms with van der Waals surface area (Å²) in [6.07, 6.45) is -0.480. The predicted molar refractivity (Wildman–Crippen MR) is 103 cm³/mol. The molecular weight excluding hydrogens is 342 g/mol. The SMILES string of the molecule is COC1C(c2ccccc2)=C(c2ccccc2)Oc2ccc([N+](=O)[O-])cc21. The molecule has 3 aromatic carbocycles. The zero-order chi connectivity index (χ0) is 18.8. The molecule has 0 aromatic heterocycles. The molecule has 134 valence electrons. The molecule has 0 bridgehead atoms. The van der Waals surface area contributed by atoms with E-state index in [9.17, 15) is 10.1 Å². The molecule has 1 aliphatic rings. The molecule has 3 aromatic rings. The average molecular weight is 359 g/mol. The second-order valence-corrected chi connectivity index (χ2v) is 6.17. The molecule has 1 atom stereocenters. The predicted octanol–water partition coefficient (Wildman–Crippen LogP) is 5.24. The standard InChI is InChI=1S/C22H17NO4/c1-26-22-18-14-17(23(24)25)12-13-19(18)27-21(16-10-6-3-7-11-16)20(22)15-8-4-2-5-9-15/h2-14,22H,1H3. The van der Waals surface area contributed by atoms with Crippen LogP contribution in [0.1, 0.15) is 22.8 Å². The number of hydrogen-bond donors (Lipinski definition) is 0. The molecule has 4 rings (SSSR count). The van der Waals surface area contributed by atoms with Crippen LogP contribution in [0.4, 0.5) is 5.69 Å². The summed E-state index contributed by atoms with van der Waals surface area (Å²) in [6, 6.07) is 24.2. The van der Waals surface area contributed by atoms with E-state index < -0.39 is 11.0 Å². The molecule has 0 saturated carbocycles. The Kier molecular flexibility index (Phi) is 4.44. The quantitative estimate of drug-likeness (QED) is 0.472. The van der Waals surface area contributed by atoms with Crippen LogP contribution < -0.4 is 4.74 Å². The van der Waals surface area contributed by atoms with E-state index in [-0.39, 0.29) is 5.69 Å². The Labute approximate surface area is 156 Å². The molecule has 0 N–H and O–H groups in total. The topological polar surface area (TPSA) is 61.6 Å². The molecular formula is C22H17NO4. The number of rotatable bonds is 4. The number of nitro groups is 1. The van der Waals surface area contributed by atoms with E-state index in [0.29, 0.717) is 17.1 Å². The van der Waals surface area contributed by atoms with Gasteiger partial charge in [-0.25, -0.2) is 0 Å². The van der Waals surface area contributed by atoms with Gasteiger partial charge in [-0.2, -0.15) is 0 Å². The lowest BCUT2D eigenvalue weighted by Gasteiger charge is -2.30. The Hall–Kier alpha value is -3.44. The first-order valence-electron chi connectivity index (χ1n) is 8.53. The van der Waals surface area contributed by atoms with Crippen LogP contribution in [-0.2, 0) is 4.74 Å². The first-order chi connectivity index (χ1) is 13.2. The number of hydrogen-bond acceptors (Lipinski definition) is 4. The summed E-state index contributed by atoms with van der Waals surface area (Å²) in [5, 5.41) is 11.2. The third-order valence-electron chi connectivity index (χ3n) is 4.56. The summed E-state index contributed by atoms with van der Waals surface area (Å²) in [6.45, 7) is 0. The van der Waals surface area contributed by atoms with Gasteiger partial charge in [0.25, 0.3) is 5.69 Å². The van der Waals surface area contributed by atoms with Crippen LogP contribution in [0.3, 0.4) is 0 Å². The minimum Gasteiger partial charge on any atom is -0.456 e. The number of fused-ring (bicyclic) bond motifs is 1. The smallest absolute Gasteiger partial charge is 0.270 e. The van der Waals surface area contributed by atoms with Crippen molar-refractivity contribution in [3.63, 3.8) is 0 Å². The maximum absolute atomic E-state index is 11.2. The molecule has 0 aliphatic carbocycles. The highest BCUT2D eigenvalue weighted by Crippen LogP contribution is 2.47. The Morgan fingerprint density at radius 3 is 2.15 bits per heavy atom. The second kappa shape index (κ2) is 7.05. The van der Waals surface area contributed by atoms with E-state index >= 15 is 0 Å². The summed E-state index contributed by atoms with van der Waals surface area (Å²) in [5.74, 6) is 1.25. The molecule has 0 spiro atoms. The Balaban J connectivity index is 1.96. The van der Waals surface area contributed by atoms with Crippen molar-refractivity contribution >= 4 is 17.0 Å². The van der Waals surface area contributed by atoms with Gasteiger partial charge in [0, 0.05) is 35.9 Å². The first-order valence-corrected chi connectivity index (χ1v) is 8.53. The number of benzene rings is 3. The monoisotopic (exact) mass is 359 g/mol. The molecule has 5 nitrogen and oxygen atoms in total. The highest BCUT2D eigenvalue weighted by atomic mass is 16.6. The van der Waals surface area contributed by atoms with E-state index in [1.165, 1.54) is 12.1 Å². The van der Waals surface area contributed by atoms with Crippen molar-refractivity contribution in [1.29, 1.82) is 0 Å². The van der Waals surface area contributed by atoms with E-state index in [1.54, 1.807) is 13.2 Å². The van der Waals surface area contributed by atoms with Gasteiger partial charge in [-0.15, -0.1) is 0 Å². The van der Waals surface area contributed by atoms with Crippen molar-refractivity contribution < 1.29 is 14.4 Å². The lowest BCUT2D eigenvalue weighted by molar-refractivity contribution is -0.385. The summed E-state index contributed by atoms with van der Waals surface area (Å²) in [4.78, 5) is 10.8. The van der Waals surface area contributed by atoms with Crippen molar-refractivity contribution in [1.82, 2.24) is 0 Å².